The van der Waals surface area contributed by atoms with E-state index in [1.165, 1.54) is 0 Å². The second kappa shape index (κ2) is 5.70. The maximum absolute atomic E-state index is 10.7. The zero-order valence-electron chi connectivity index (χ0n) is 6.82. The molecule has 0 N–H and O–H groups in total. The summed E-state index contributed by atoms with van der Waals surface area (Å²) in [4.78, 5) is 21.1. The summed E-state index contributed by atoms with van der Waals surface area (Å²) in [6, 6.07) is 0. The van der Waals surface area contributed by atoms with Crippen molar-refractivity contribution in [3.8, 4) is 0 Å². The summed E-state index contributed by atoms with van der Waals surface area (Å²) in [6.45, 7) is 3.47. The Morgan fingerprint density at radius 1 is 1.45 bits per heavy atom. The standard InChI is InChI=1S/C8H13O2.Ag/c1-7(8(2)10)5-3-4-6-9;/h7H,3-5H2,1-2H3;. The molecule has 0 saturated carbocycles. The van der Waals surface area contributed by atoms with Gasteiger partial charge in [0.15, 0.2) is 0 Å². The zero-order chi connectivity index (χ0) is 8.85. The van der Waals surface area contributed by atoms with E-state index in [1.807, 2.05) is 6.92 Å². The molecule has 0 aromatic heterocycles. The van der Waals surface area contributed by atoms with Gasteiger partial charge in [-0.25, -0.2) is 0 Å². The molecule has 0 fully saturated rings. The summed E-state index contributed by atoms with van der Waals surface area (Å²) in [6.07, 6.45) is 2.13. The van der Waals surface area contributed by atoms with Crippen molar-refractivity contribution < 1.29 is 30.7 Å². The predicted molar refractivity (Wildman–Crippen MR) is 38.7 cm³/mol. The molecule has 0 aromatic rings. The normalized spacial score (nSPS) is 12.7. The van der Waals surface area contributed by atoms with Crippen LogP contribution >= 0.6 is 0 Å². The van der Waals surface area contributed by atoms with Crippen LogP contribution < -0.4 is 0 Å². The van der Waals surface area contributed by atoms with Crippen molar-refractivity contribution in [3.63, 3.8) is 0 Å². The minimum atomic E-state index is 0.0190. The van der Waals surface area contributed by atoms with Crippen LogP contribution in [0.15, 0.2) is 0 Å². The molecule has 0 amide bonds. The Balaban J connectivity index is 3.39. The van der Waals surface area contributed by atoms with Gasteiger partial charge >= 0.3 is 79.5 Å². The fourth-order valence-corrected chi connectivity index (χ4v) is 0.999. The zero-order valence-corrected chi connectivity index (χ0v) is 8.30. The van der Waals surface area contributed by atoms with Gasteiger partial charge in [0.25, 0.3) is 0 Å². The molecule has 0 rings (SSSR count). The molecule has 0 aliphatic rings. The molecule has 68 valence electrons. The van der Waals surface area contributed by atoms with Gasteiger partial charge in [-0.15, -0.1) is 0 Å². The molecule has 1 atom stereocenters. The molecule has 0 aromatic carbocycles. The first-order valence-corrected chi connectivity index (χ1v) is 4.43. The first-order valence-electron chi connectivity index (χ1n) is 3.69. The third-order valence-electron chi connectivity index (χ3n) is 1.69. The maximum atomic E-state index is 10.7. The van der Waals surface area contributed by atoms with Crippen molar-refractivity contribution in [2.45, 2.75) is 33.1 Å². The number of rotatable bonds is 5. The van der Waals surface area contributed by atoms with E-state index in [9.17, 15) is 9.59 Å². The van der Waals surface area contributed by atoms with Crippen LogP contribution in [0.25, 0.3) is 0 Å². The van der Waals surface area contributed by atoms with Gasteiger partial charge in [-0.1, -0.05) is 0 Å². The van der Waals surface area contributed by atoms with Gasteiger partial charge in [-0.05, 0) is 0 Å². The van der Waals surface area contributed by atoms with Gasteiger partial charge < -0.3 is 0 Å². The average Bonchev–Trinajstić information content (AvgIpc) is 1.86. The summed E-state index contributed by atoms with van der Waals surface area (Å²) < 4.78 is 0.0190. The molecule has 0 saturated heterocycles. The Morgan fingerprint density at radius 2 is 2.00 bits per heavy atom. The van der Waals surface area contributed by atoms with E-state index in [0.29, 0.717) is 6.42 Å². The van der Waals surface area contributed by atoms with E-state index in [2.05, 4.69) is 21.1 Å². The van der Waals surface area contributed by atoms with Crippen LogP contribution in [0.4, 0.5) is 0 Å². The van der Waals surface area contributed by atoms with Crippen LogP contribution in [0.3, 0.4) is 0 Å². The summed E-state index contributed by atoms with van der Waals surface area (Å²) in [5, 5.41) is 0. The van der Waals surface area contributed by atoms with Crippen molar-refractivity contribution in [2.24, 2.45) is 5.92 Å². The summed E-state index contributed by atoms with van der Waals surface area (Å²) in [7, 11) is 0. The van der Waals surface area contributed by atoms with Crippen molar-refractivity contribution in [3.05, 3.63) is 0 Å². The Labute approximate surface area is 79.7 Å². The fourth-order valence-electron chi connectivity index (χ4n) is 0.737. The molecular weight excluding hydrogens is 236 g/mol. The predicted octanol–water partition coefficient (Wildman–Crippen LogP) is 1.46. The number of hydrogen-bond donors (Lipinski definition) is 0. The Bertz CT molecular complexity index is 154. The number of ketones is 1. The quantitative estimate of drug-likeness (QED) is 0.691. The SMILES string of the molecule is CC(=O)C(C)CCC[C](=O)[Ag]. The Morgan fingerprint density at radius 3 is 2.36 bits per heavy atom. The minimum absolute atomic E-state index is 0.0190. The number of carbonyl (C=O) groups is 2. The van der Waals surface area contributed by atoms with Crippen LogP contribution in [-0.4, -0.2) is 9.78 Å². The van der Waals surface area contributed by atoms with E-state index in [0.717, 1.165) is 12.8 Å². The molecule has 0 aliphatic heterocycles. The van der Waals surface area contributed by atoms with Crippen molar-refractivity contribution >= 4 is 9.78 Å². The van der Waals surface area contributed by atoms with E-state index < -0.39 is 0 Å². The van der Waals surface area contributed by atoms with Gasteiger partial charge in [0.1, 0.15) is 0 Å². The number of Topliss-reactive ketones (excluding diaryl/α,β-unsaturated/α-hetero) is 1. The van der Waals surface area contributed by atoms with E-state index in [4.69, 9.17) is 0 Å². The van der Waals surface area contributed by atoms with Gasteiger partial charge in [0.05, 0.1) is 0 Å². The van der Waals surface area contributed by atoms with Crippen molar-refractivity contribution in [1.82, 2.24) is 0 Å². The summed E-state index contributed by atoms with van der Waals surface area (Å²) >= 11 is 2.85. The molecule has 11 heavy (non-hydrogen) atoms. The molecule has 0 bridgehead atoms. The van der Waals surface area contributed by atoms with Crippen LogP contribution in [0, 0.1) is 5.92 Å². The molecule has 2 nitrogen and oxygen atoms in total. The monoisotopic (exact) mass is 248 g/mol. The molecule has 0 aliphatic carbocycles. The summed E-state index contributed by atoms with van der Waals surface area (Å²) in [5.41, 5.74) is 0. The van der Waals surface area contributed by atoms with Gasteiger partial charge in [0.2, 0.25) is 0 Å². The van der Waals surface area contributed by atoms with Crippen molar-refractivity contribution in [2.75, 3.05) is 0 Å². The topological polar surface area (TPSA) is 34.1 Å². The fraction of sp³-hybridized carbons (Fsp3) is 0.750. The molecule has 0 spiro atoms. The summed E-state index contributed by atoms with van der Waals surface area (Å²) in [5.74, 6) is 0.299. The van der Waals surface area contributed by atoms with Gasteiger partial charge in [-0.2, -0.15) is 0 Å². The van der Waals surface area contributed by atoms with Crippen LogP contribution in [-0.2, 0) is 30.7 Å². The first-order chi connectivity index (χ1) is 5.04. The second-order valence-electron chi connectivity index (χ2n) is 2.72. The molecule has 1 unspecified atom stereocenters. The van der Waals surface area contributed by atoms with E-state index in [1.54, 1.807) is 6.92 Å². The Hall–Kier alpha value is 0.0803. The number of carbonyl (C=O) groups excluding carboxylic acids is 2. The van der Waals surface area contributed by atoms with Gasteiger partial charge in [-0.3, -0.25) is 0 Å². The average molecular weight is 249 g/mol. The molecule has 0 heterocycles. The molecular formula is C8H13AgO2. The van der Waals surface area contributed by atoms with Gasteiger partial charge in [0, 0.05) is 0 Å². The van der Waals surface area contributed by atoms with Crippen LogP contribution in [0.2, 0.25) is 0 Å². The number of hydrogen-bond acceptors (Lipinski definition) is 2. The first kappa shape index (κ1) is 11.1. The molecule has 0 radical (unpaired) electrons. The molecule has 3 heteroatoms. The van der Waals surface area contributed by atoms with Crippen LogP contribution in [0.1, 0.15) is 33.1 Å². The second-order valence-corrected chi connectivity index (χ2v) is 3.54. The van der Waals surface area contributed by atoms with E-state index >= 15 is 0 Å². The van der Waals surface area contributed by atoms with Crippen LogP contribution in [0.5, 0.6) is 0 Å². The third-order valence-corrected chi connectivity index (χ3v) is 2.06. The van der Waals surface area contributed by atoms with Crippen molar-refractivity contribution in [1.29, 1.82) is 0 Å². The van der Waals surface area contributed by atoms with E-state index in [-0.39, 0.29) is 15.7 Å². The Kier molecular flexibility index (Phi) is 5.74. The third kappa shape index (κ3) is 6.48.